The van der Waals surface area contributed by atoms with Gasteiger partial charge in [0.25, 0.3) is 0 Å². The minimum absolute atomic E-state index is 0.0453. The maximum absolute atomic E-state index is 12.6. The molecule has 0 aliphatic rings. The third-order valence-corrected chi connectivity index (χ3v) is 8.57. The van der Waals surface area contributed by atoms with Gasteiger partial charge >= 0.3 is 7.82 Å². The molecule has 0 aliphatic heterocycles. The van der Waals surface area contributed by atoms with Crippen LogP contribution in [0, 0.1) is 0 Å². The number of amides is 1. The first-order chi connectivity index (χ1) is 21.3. The molecule has 0 radical (unpaired) electrons. The lowest BCUT2D eigenvalue weighted by Gasteiger charge is -2.24. The molecule has 0 saturated heterocycles. The number of unbranched alkanes of at least 4 members (excludes halogenated alkanes) is 16. The van der Waals surface area contributed by atoms with E-state index in [0.717, 1.165) is 32.1 Å². The van der Waals surface area contributed by atoms with Crippen molar-refractivity contribution in [1.29, 1.82) is 0 Å². The number of carbonyl (C=O) groups excluding carboxylic acids is 1. The Balaban J connectivity index is 4.54. The summed E-state index contributed by atoms with van der Waals surface area (Å²) in [6, 6.07) is -0.992. The number of hydrogen-bond acceptors (Lipinski definition) is 7. The van der Waals surface area contributed by atoms with Gasteiger partial charge in [-0.3, -0.25) is 13.8 Å². The van der Waals surface area contributed by atoms with Crippen LogP contribution in [-0.4, -0.2) is 59.0 Å². The van der Waals surface area contributed by atoms with E-state index in [4.69, 9.17) is 14.8 Å². The lowest BCUT2D eigenvalue weighted by Crippen LogP contribution is -2.46. The summed E-state index contributed by atoms with van der Waals surface area (Å²) in [4.78, 5) is 22.5. The molecule has 260 valence electrons. The number of rotatable bonds is 32. The first kappa shape index (κ1) is 42.9. The van der Waals surface area contributed by atoms with Crippen LogP contribution in [0.1, 0.15) is 149 Å². The van der Waals surface area contributed by atoms with E-state index >= 15 is 0 Å². The molecule has 0 aromatic carbocycles. The maximum atomic E-state index is 12.6. The van der Waals surface area contributed by atoms with Gasteiger partial charge in [-0.1, -0.05) is 134 Å². The topological polar surface area (TPSA) is 151 Å². The van der Waals surface area contributed by atoms with Crippen LogP contribution in [0.15, 0.2) is 24.3 Å². The van der Waals surface area contributed by atoms with E-state index < -0.39 is 38.6 Å². The first-order valence-corrected chi connectivity index (χ1v) is 19.0. The highest BCUT2D eigenvalue weighted by atomic mass is 31.2. The van der Waals surface area contributed by atoms with Crippen LogP contribution in [0.2, 0.25) is 0 Å². The summed E-state index contributed by atoms with van der Waals surface area (Å²) in [5, 5.41) is 23.7. The Morgan fingerprint density at radius 3 is 1.89 bits per heavy atom. The number of nitrogens with two attached hydrogens (primary N) is 1. The van der Waals surface area contributed by atoms with E-state index in [1.165, 1.54) is 83.5 Å². The highest BCUT2D eigenvalue weighted by Gasteiger charge is 2.27. The van der Waals surface area contributed by atoms with Crippen molar-refractivity contribution in [2.45, 2.75) is 167 Å². The van der Waals surface area contributed by atoms with E-state index in [0.29, 0.717) is 12.8 Å². The van der Waals surface area contributed by atoms with Crippen molar-refractivity contribution < 1.29 is 33.5 Å². The zero-order valence-corrected chi connectivity index (χ0v) is 28.9. The van der Waals surface area contributed by atoms with Crippen LogP contribution in [-0.2, 0) is 18.4 Å². The molecule has 1 amide bonds. The summed E-state index contributed by atoms with van der Waals surface area (Å²) in [5.41, 5.74) is 5.32. The molecule has 0 rings (SSSR count). The lowest BCUT2D eigenvalue weighted by atomic mass is 10.0. The number of aliphatic hydroxyl groups excluding tert-OH is 2. The Morgan fingerprint density at radius 1 is 0.773 bits per heavy atom. The van der Waals surface area contributed by atoms with Crippen LogP contribution < -0.4 is 11.1 Å². The predicted molar refractivity (Wildman–Crippen MR) is 181 cm³/mol. The second-order valence-electron chi connectivity index (χ2n) is 11.9. The van der Waals surface area contributed by atoms with Crippen molar-refractivity contribution in [2.75, 3.05) is 19.8 Å². The third kappa shape index (κ3) is 28.4. The van der Waals surface area contributed by atoms with Crippen molar-refractivity contribution in [3.05, 3.63) is 24.3 Å². The van der Waals surface area contributed by atoms with Crippen molar-refractivity contribution in [1.82, 2.24) is 5.32 Å². The zero-order valence-electron chi connectivity index (χ0n) is 28.0. The van der Waals surface area contributed by atoms with Gasteiger partial charge in [0.15, 0.2) is 0 Å². The second kappa shape index (κ2) is 30.6. The van der Waals surface area contributed by atoms with Gasteiger partial charge in [-0.2, -0.15) is 0 Å². The summed E-state index contributed by atoms with van der Waals surface area (Å²) < 4.78 is 21.9. The average Bonchev–Trinajstić information content (AvgIpc) is 2.99. The number of aliphatic hydroxyl groups is 2. The molecule has 0 bridgehead atoms. The second-order valence-corrected chi connectivity index (χ2v) is 13.4. The lowest BCUT2D eigenvalue weighted by molar-refractivity contribution is -0.124. The fourth-order valence-electron chi connectivity index (χ4n) is 4.90. The monoisotopic (exact) mass is 646 g/mol. The minimum Gasteiger partial charge on any atom is -0.393 e. The molecular formula is C34H67N2O7P. The van der Waals surface area contributed by atoms with E-state index in [-0.39, 0.29) is 19.6 Å². The van der Waals surface area contributed by atoms with Gasteiger partial charge in [0.05, 0.1) is 37.9 Å². The SMILES string of the molecule is CCCCCCCCCCC/C=C/CC/C=C/C(O)C(COP(=O)(O)OCCN)NC(=O)CC(O)CCCCCCCCC. The van der Waals surface area contributed by atoms with Gasteiger partial charge in [0, 0.05) is 6.54 Å². The van der Waals surface area contributed by atoms with Crippen LogP contribution in [0.3, 0.4) is 0 Å². The smallest absolute Gasteiger partial charge is 0.393 e. The fourth-order valence-corrected chi connectivity index (χ4v) is 5.65. The highest BCUT2D eigenvalue weighted by Crippen LogP contribution is 2.43. The molecule has 4 atom stereocenters. The molecule has 6 N–H and O–H groups in total. The highest BCUT2D eigenvalue weighted by molar-refractivity contribution is 7.47. The summed E-state index contributed by atoms with van der Waals surface area (Å²) in [6.07, 6.45) is 28.5. The van der Waals surface area contributed by atoms with E-state index in [1.54, 1.807) is 6.08 Å². The normalized spacial score (nSPS) is 15.5. The Morgan fingerprint density at radius 2 is 1.30 bits per heavy atom. The minimum atomic E-state index is -4.39. The Kier molecular flexibility index (Phi) is 29.8. The number of allylic oxidation sites excluding steroid dienone is 3. The molecule has 0 heterocycles. The fraction of sp³-hybridized carbons (Fsp3) is 0.853. The summed E-state index contributed by atoms with van der Waals surface area (Å²) in [5.74, 6) is -0.462. The summed E-state index contributed by atoms with van der Waals surface area (Å²) in [7, 11) is -4.39. The number of nitrogens with one attached hydrogen (secondary N) is 1. The molecule has 0 aromatic rings. The maximum Gasteiger partial charge on any atom is 0.472 e. The van der Waals surface area contributed by atoms with Gasteiger partial charge in [-0.15, -0.1) is 0 Å². The molecule has 0 fully saturated rings. The molecule has 44 heavy (non-hydrogen) atoms. The largest absolute Gasteiger partial charge is 0.472 e. The van der Waals surface area contributed by atoms with Crippen LogP contribution >= 0.6 is 7.82 Å². The first-order valence-electron chi connectivity index (χ1n) is 17.5. The summed E-state index contributed by atoms with van der Waals surface area (Å²) >= 11 is 0. The number of phosphoric ester groups is 1. The van der Waals surface area contributed by atoms with Crippen LogP contribution in [0.5, 0.6) is 0 Å². The Labute approximate surface area is 269 Å². The molecule has 4 unspecified atom stereocenters. The van der Waals surface area contributed by atoms with Crippen molar-refractivity contribution in [3.63, 3.8) is 0 Å². The van der Waals surface area contributed by atoms with Crippen molar-refractivity contribution in [2.24, 2.45) is 5.73 Å². The van der Waals surface area contributed by atoms with Crippen molar-refractivity contribution >= 4 is 13.7 Å². The Hall–Kier alpha value is -1.06. The molecular weight excluding hydrogens is 579 g/mol. The summed E-state index contributed by atoms with van der Waals surface area (Å²) in [6.45, 7) is 3.87. The third-order valence-electron chi connectivity index (χ3n) is 7.58. The van der Waals surface area contributed by atoms with Crippen molar-refractivity contribution in [3.8, 4) is 0 Å². The zero-order chi connectivity index (χ0) is 32.7. The van der Waals surface area contributed by atoms with E-state index in [2.05, 4.69) is 31.3 Å². The molecule has 0 spiro atoms. The quantitative estimate of drug-likeness (QED) is 0.0284. The van der Waals surface area contributed by atoms with Gasteiger partial charge in [-0.05, 0) is 32.1 Å². The number of carbonyl (C=O) groups is 1. The van der Waals surface area contributed by atoms with Gasteiger partial charge in [0.1, 0.15) is 0 Å². The molecule has 9 nitrogen and oxygen atoms in total. The number of hydrogen-bond donors (Lipinski definition) is 5. The van der Waals surface area contributed by atoms with Crippen LogP contribution in [0.25, 0.3) is 0 Å². The molecule has 10 heteroatoms. The van der Waals surface area contributed by atoms with E-state index in [9.17, 15) is 24.5 Å². The molecule has 0 aromatic heterocycles. The van der Waals surface area contributed by atoms with Gasteiger partial charge in [0.2, 0.25) is 5.91 Å². The average molecular weight is 647 g/mol. The van der Waals surface area contributed by atoms with Crippen LogP contribution in [0.4, 0.5) is 0 Å². The van der Waals surface area contributed by atoms with Gasteiger partial charge < -0.3 is 26.2 Å². The van der Waals surface area contributed by atoms with E-state index in [1.807, 2.05) is 6.08 Å². The van der Waals surface area contributed by atoms with Gasteiger partial charge in [-0.25, -0.2) is 4.57 Å². The number of phosphoric acid groups is 1. The molecule has 0 aliphatic carbocycles. The predicted octanol–water partition coefficient (Wildman–Crippen LogP) is 7.63. The standard InChI is InChI=1S/C34H67N2O7P/c1-3-5-7-9-11-12-13-14-15-16-17-18-20-22-24-26-33(38)32(30-43-44(40,41)42-28-27-35)36-34(39)29-31(37)25-23-21-19-10-8-6-4-2/h17-18,24,26,31-33,37-38H,3-16,19-23,25,27-30,35H2,1-2H3,(H,36,39)(H,40,41)/b18-17+,26-24+. The molecule has 0 saturated carbocycles. The Bertz CT molecular complexity index is 766.